The Hall–Kier alpha value is -1.25. The van der Waals surface area contributed by atoms with Crippen molar-refractivity contribution in [2.24, 2.45) is 0 Å². The zero-order valence-corrected chi connectivity index (χ0v) is 6.83. The summed E-state index contributed by atoms with van der Waals surface area (Å²) in [5, 5.41) is 0. The van der Waals surface area contributed by atoms with Crippen molar-refractivity contribution in [1.82, 2.24) is 15.0 Å². The third-order valence-electron chi connectivity index (χ3n) is 1.23. The molecule has 1 heterocycles. The average Bonchev–Trinajstić information content (AvgIpc) is 1.85. The van der Waals surface area contributed by atoms with E-state index in [1.165, 1.54) is 0 Å². The van der Waals surface area contributed by atoms with Gasteiger partial charge in [-0.2, -0.15) is 0 Å². The highest BCUT2D eigenvalue weighted by atomic mass is 15.0. The molecule has 0 radical (unpaired) electrons. The molecule has 0 unspecified atom stereocenters. The van der Waals surface area contributed by atoms with Gasteiger partial charge in [0.05, 0.1) is 0 Å². The Bertz CT molecular complexity index is 248. The molecular weight excluding hydrogens is 138 g/mol. The lowest BCUT2D eigenvalue weighted by Gasteiger charge is -1.97. The number of hydrogen-bond acceptors (Lipinski definition) is 3. The highest BCUT2D eigenvalue weighted by Crippen LogP contribution is 1.95. The maximum atomic E-state index is 4.13. The summed E-state index contributed by atoms with van der Waals surface area (Å²) < 4.78 is 0. The molecule has 0 N–H and O–H groups in total. The van der Waals surface area contributed by atoms with Gasteiger partial charge in [0.25, 0.3) is 0 Å². The normalized spacial score (nSPS) is 9.64. The fourth-order valence-electron chi connectivity index (χ4n) is 0.903. The van der Waals surface area contributed by atoms with Crippen LogP contribution in [-0.2, 0) is 6.42 Å². The van der Waals surface area contributed by atoms with Crippen molar-refractivity contribution in [2.75, 3.05) is 0 Å². The second-order valence-electron chi connectivity index (χ2n) is 2.34. The predicted molar refractivity (Wildman–Crippen MR) is 43.2 cm³/mol. The van der Waals surface area contributed by atoms with Crippen molar-refractivity contribution < 1.29 is 0 Å². The second-order valence-corrected chi connectivity index (χ2v) is 2.34. The summed E-state index contributed by atoms with van der Waals surface area (Å²) in [5.41, 5.74) is 0. The van der Waals surface area contributed by atoms with Crippen molar-refractivity contribution in [3.05, 3.63) is 30.1 Å². The van der Waals surface area contributed by atoms with Crippen LogP contribution in [0, 0.1) is 13.8 Å². The van der Waals surface area contributed by atoms with Crippen LogP contribution in [0.15, 0.2) is 12.7 Å². The summed E-state index contributed by atoms with van der Waals surface area (Å²) in [5.74, 6) is 2.34. The Morgan fingerprint density at radius 1 is 1.18 bits per heavy atom. The van der Waals surface area contributed by atoms with Gasteiger partial charge in [0, 0.05) is 6.42 Å². The molecule has 0 aliphatic heterocycles. The van der Waals surface area contributed by atoms with E-state index in [2.05, 4.69) is 21.5 Å². The molecule has 0 aliphatic carbocycles. The lowest BCUT2D eigenvalue weighted by atomic mass is 10.4. The summed E-state index contributed by atoms with van der Waals surface area (Å²) in [4.78, 5) is 12.3. The molecule has 11 heavy (non-hydrogen) atoms. The van der Waals surface area contributed by atoms with Gasteiger partial charge in [-0.3, -0.25) is 0 Å². The van der Waals surface area contributed by atoms with E-state index in [0.29, 0.717) is 6.42 Å². The van der Waals surface area contributed by atoms with Crippen molar-refractivity contribution in [2.45, 2.75) is 20.3 Å². The third-order valence-corrected chi connectivity index (χ3v) is 1.23. The Morgan fingerprint density at radius 3 is 2.18 bits per heavy atom. The third kappa shape index (κ3) is 2.11. The molecule has 1 aromatic rings. The predicted octanol–water partition coefficient (Wildman–Crippen LogP) is 1.22. The first-order valence-electron chi connectivity index (χ1n) is 3.51. The van der Waals surface area contributed by atoms with E-state index in [-0.39, 0.29) is 0 Å². The highest BCUT2D eigenvalue weighted by molar-refractivity contribution is 4.97. The minimum atomic E-state index is 0.713. The maximum Gasteiger partial charge on any atom is 0.136 e. The fourth-order valence-corrected chi connectivity index (χ4v) is 0.903. The summed E-state index contributed by atoms with van der Waals surface area (Å²) in [7, 11) is 0. The SMILES string of the molecule is C=CCc1nc(C)nc(C)n1. The Kier molecular flexibility index (Phi) is 2.31. The topological polar surface area (TPSA) is 38.7 Å². The van der Waals surface area contributed by atoms with Crippen LogP contribution in [0.5, 0.6) is 0 Å². The van der Waals surface area contributed by atoms with Gasteiger partial charge in [0.15, 0.2) is 0 Å². The molecule has 0 aliphatic rings. The van der Waals surface area contributed by atoms with Crippen LogP contribution in [0.2, 0.25) is 0 Å². The Labute approximate surface area is 66.2 Å². The van der Waals surface area contributed by atoms with Gasteiger partial charge in [0.2, 0.25) is 0 Å². The molecular formula is C8H11N3. The van der Waals surface area contributed by atoms with E-state index < -0.39 is 0 Å². The highest BCUT2D eigenvalue weighted by Gasteiger charge is 1.96. The van der Waals surface area contributed by atoms with Gasteiger partial charge in [-0.05, 0) is 13.8 Å². The monoisotopic (exact) mass is 149 g/mol. The minimum Gasteiger partial charge on any atom is -0.219 e. The molecule has 0 spiro atoms. The van der Waals surface area contributed by atoms with E-state index in [1.807, 2.05) is 13.8 Å². The molecule has 0 bridgehead atoms. The number of aromatic nitrogens is 3. The quantitative estimate of drug-likeness (QED) is 0.593. The van der Waals surface area contributed by atoms with Crippen LogP contribution >= 0.6 is 0 Å². The molecule has 0 saturated heterocycles. The van der Waals surface area contributed by atoms with Gasteiger partial charge in [-0.1, -0.05) is 6.08 Å². The molecule has 0 atom stereocenters. The van der Waals surface area contributed by atoms with Gasteiger partial charge in [0.1, 0.15) is 17.5 Å². The van der Waals surface area contributed by atoms with Gasteiger partial charge >= 0.3 is 0 Å². The molecule has 3 nitrogen and oxygen atoms in total. The largest absolute Gasteiger partial charge is 0.219 e. The van der Waals surface area contributed by atoms with E-state index in [0.717, 1.165) is 17.5 Å². The summed E-state index contributed by atoms with van der Waals surface area (Å²) in [6, 6.07) is 0. The molecule has 0 fully saturated rings. The second kappa shape index (κ2) is 3.23. The standard InChI is InChI=1S/C8H11N3/c1-4-5-8-10-6(2)9-7(3)11-8/h4H,1,5H2,2-3H3. The van der Waals surface area contributed by atoms with E-state index >= 15 is 0 Å². The molecule has 0 amide bonds. The van der Waals surface area contributed by atoms with Crippen LogP contribution in [-0.4, -0.2) is 15.0 Å². The Morgan fingerprint density at radius 2 is 1.73 bits per heavy atom. The maximum absolute atomic E-state index is 4.13. The number of hydrogen-bond donors (Lipinski definition) is 0. The summed E-state index contributed by atoms with van der Waals surface area (Å²) >= 11 is 0. The van der Waals surface area contributed by atoms with Crippen molar-refractivity contribution in [3.8, 4) is 0 Å². The van der Waals surface area contributed by atoms with Crippen LogP contribution in [0.4, 0.5) is 0 Å². The number of aryl methyl sites for hydroxylation is 2. The average molecular weight is 149 g/mol. The minimum absolute atomic E-state index is 0.713. The fraction of sp³-hybridized carbons (Fsp3) is 0.375. The van der Waals surface area contributed by atoms with Gasteiger partial charge < -0.3 is 0 Å². The summed E-state index contributed by atoms with van der Waals surface area (Å²) in [6.07, 6.45) is 2.50. The van der Waals surface area contributed by atoms with Crippen molar-refractivity contribution in [3.63, 3.8) is 0 Å². The molecule has 3 heteroatoms. The zero-order chi connectivity index (χ0) is 8.27. The van der Waals surface area contributed by atoms with E-state index in [1.54, 1.807) is 6.08 Å². The lowest BCUT2D eigenvalue weighted by Crippen LogP contribution is -2.01. The van der Waals surface area contributed by atoms with E-state index in [9.17, 15) is 0 Å². The van der Waals surface area contributed by atoms with Crippen LogP contribution in [0.1, 0.15) is 17.5 Å². The van der Waals surface area contributed by atoms with Crippen molar-refractivity contribution >= 4 is 0 Å². The van der Waals surface area contributed by atoms with Crippen LogP contribution in [0.25, 0.3) is 0 Å². The van der Waals surface area contributed by atoms with E-state index in [4.69, 9.17) is 0 Å². The first kappa shape index (κ1) is 7.85. The molecule has 0 aromatic carbocycles. The van der Waals surface area contributed by atoms with Gasteiger partial charge in [-0.25, -0.2) is 15.0 Å². The molecule has 1 aromatic heterocycles. The van der Waals surface area contributed by atoms with Gasteiger partial charge in [-0.15, -0.1) is 6.58 Å². The first-order chi connectivity index (χ1) is 5.22. The smallest absolute Gasteiger partial charge is 0.136 e. The molecule has 58 valence electrons. The molecule has 0 saturated carbocycles. The molecule has 1 rings (SSSR count). The zero-order valence-electron chi connectivity index (χ0n) is 6.83. The number of rotatable bonds is 2. The van der Waals surface area contributed by atoms with Crippen molar-refractivity contribution in [1.29, 1.82) is 0 Å². The van der Waals surface area contributed by atoms with Crippen LogP contribution < -0.4 is 0 Å². The number of allylic oxidation sites excluding steroid dienone is 1. The first-order valence-corrected chi connectivity index (χ1v) is 3.51. The van der Waals surface area contributed by atoms with Crippen LogP contribution in [0.3, 0.4) is 0 Å². The summed E-state index contributed by atoms with van der Waals surface area (Å²) in [6.45, 7) is 7.34. The number of nitrogens with zero attached hydrogens (tertiary/aromatic N) is 3. The Balaban J connectivity index is 2.98. The lowest BCUT2D eigenvalue weighted by molar-refractivity contribution is 0.851.